The molecule has 1 N–H and O–H groups in total. The molecule has 0 unspecified atom stereocenters. The molecule has 0 aliphatic rings. The molecule has 0 fully saturated rings. The van der Waals surface area contributed by atoms with Crippen molar-refractivity contribution in [2.45, 2.75) is 173 Å². The van der Waals surface area contributed by atoms with E-state index in [1.807, 2.05) is 11.8 Å². The van der Waals surface area contributed by atoms with Crippen LogP contribution >= 0.6 is 11.8 Å². The Balaban J connectivity index is 1.63. The van der Waals surface area contributed by atoms with Crippen molar-refractivity contribution in [2.24, 2.45) is 0 Å². The van der Waals surface area contributed by atoms with Crippen molar-refractivity contribution in [3.8, 4) is 11.5 Å². The Bertz CT molecular complexity index is 1100. The normalized spacial score (nSPS) is 11.8. The monoisotopic (exact) mass is 699 g/mol. The Hall–Kier alpha value is -1.69. The zero-order chi connectivity index (χ0) is 35.7. The summed E-state index contributed by atoms with van der Waals surface area (Å²) in [7, 11) is 4.43. The van der Waals surface area contributed by atoms with Crippen molar-refractivity contribution >= 4 is 11.8 Å². The smallest absolute Gasteiger partial charge is 0.119 e. The van der Waals surface area contributed by atoms with E-state index in [1.165, 1.54) is 148 Å². The van der Waals surface area contributed by atoms with E-state index < -0.39 is 0 Å². The maximum atomic E-state index is 9.17. The first-order chi connectivity index (χ1) is 23.7. The fourth-order valence-electron chi connectivity index (χ4n) is 6.82. The quantitative estimate of drug-likeness (QED) is 0.0651. The number of likely N-dealkylation sites (N-methyl/N-ethyl adjacent to an activating group) is 1. The van der Waals surface area contributed by atoms with Gasteiger partial charge in [-0.15, -0.1) is 0 Å². The highest BCUT2D eigenvalue weighted by atomic mass is 32.2. The van der Waals surface area contributed by atoms with Gasteiger partial charge in [0.05, 0.1) is 40.5 Å². The molecule has 2 aromatic carbocycles. The lowest BCUT2D eigenvalue weighted by Crippen LogP contribution is -2.42. The summed E-state index contributed by atoms with van der Waals surface area (Å²) >= 11 is 1.88. The molecule has 0 amide bonds. The van der Waals surface area contributed by atoms with Gasteiger partial charge in [-0.05, 0) is 99.9 Å². The van der Waals surface area contributed by atoms with Crippen LogP contribution in [0.5, 0.6) is 11.5 Å². The standard InChI is InChI=1S/C44H76NO3S/c1-8-9-10-11-12-13-14-15-17-20-23-26-31-47-41-33-37(2)43(38(3)34-41)49-44-39(4)35-42(36-40(44)5)48-32-27-24-21-18-16-19-22-25-28-45(6,7)29-30-46/h33-36,46H,8-32H2,1-7H3/q+1. The van der Waals surface area contributed by atoms with Gasteiger partial charge in [0, 0.05) is 9.79 Å². The van der Waals surface area contributed by atoms with E-state index in [0.717, 1.165) is 55.1 Å². The molecule has 0 saturated carbocycles. The van der Waals surface area contributed by atoms with Crippen LogP contribution in [0, 0.1) is 27.7 Å². The van der Waals surface area contributed by atoms with Gasteiger partial charge in [0.1, 0.15) is 18.0 Å². The number of unbranched alkanes of at least 4 members (excludes halogenated alkanes) is 18. The summed E-state index contributed by atoms with van der Waals surface area (Å²) in [5, 5.41) is 9.17. The number of aryl methyl sites for hydroxylation is 4. The Kier molecular flexibility index (Phi) is 23.2. The van der Waals surface area contributed by atoms with Crippen LogP contribution < -0.4 is 9.47 Å². The van der Waals surface area contributed by atoms with E-state index in [4.69, 9.17) is 9.47 Å². The number of hydrogen-bond donors (Lipinski definition) is 1. The number of ether oxygens (including phenoxy) is 2. The molecule has 0 atom stereocenters. The number of hydrogen-bond acceptors (Lipinski definition) is 4. The molecule has 0 bridgehead atoms. The van der Waals surface area contributed by atoms with Gasteiger partial charge in [0.25, 0.3) is 0 Å². The number of quaternary nitrogens is 1. The van der Waals surface area contributed by atoms with E-state index >= 15 is 0 Å². The second kappa shape index (κ2) is 26.1. The van der Waals surface area contributed by atoms with Gasteiger partial charge in [-0.1, -0.05) is 121 Å². The highest BCUT2D eigenvalue weighted by Crippen LogP contribution is 2.40. The molecule has 0 aliphatic heterocycles. The average Bonchev–Trinajstić information content (AvgIpc) is 3.04. The summed E-state index contributed by atoms with van der Waals surface area (Å²) in [6.07, 6.45) is 26.6. The largest absolute Gasteiger partial charge is 0.494 e. The summed E-state index contributed by atoms with van der Waals surface area (Å²) in [5.41, 5.74) is 5.14. The van der Waals surface area contributed by atoms with E-state index in [1.54, 1.807) is 0 Å². The Morgan fingerprint density at radius 3 is 1.16 bits per heavy atom. The summed E-state index contributed by atoms with van der Waals surface area (Å²) in [6, 6.07) is 8.87. The summed E-state index contributed by atoms with van der Waals surface area (Å²) in [6.45, 7) is 15.1. The van der Waals surface area contributed by atoms with Crippen LogP contribution in [0.15, 0.2) is 34.1 Å². The molecular formula is C44H76NO3S+. The fraction of sp³-hybridized carbons (Fsp3) is 0.727. The lowest BCUT2D eigenvalue weighted by Gasteiger charge is -2.28. The lowest BCUT2D eigenvalue weighted by atomic mass is 10.1. The molecule has 2 rings (SSSR count). The van der Waals surface area contributed by atoms with Crippen molar-refractivity contribution in [3.63, 3.8) is 0 Å². The van der Waals surface area contributed by atoms with Crippen LogP contribution in [0.3, 0.4) is 0 Å². The summed E-state index contributed by atoms with van der Waals surface area (Å²) < 4.78 is 13.3. The van der Waals surface area contributed by atoms with Crippen LogP contribution in [0.1, 0.15) is 158 Å². The first kappa shape index (κ1) is 43.5. The second-order valence-electron chi connectivity index (χ2n) is 15.4. The van der Waals surface area contributed by atoms with Gasteiger partial charge in [0.15, 0.2) is 0 Å². The van der Waals surface area contributed by atoms with Gasteiger partial charge in [-0.2, -0.15) is 0 Å². The Labute approximate surface area is 307 Å². The summed E-state index contributed by atoms with van der Waals surface area (Å²) in [5.74, 6) is 2.00. The van der Waals surface area contributed by atoms with Crippen molar-refractivity contribution in [2.75, 3.05) is 47.0 Å². The van der Waals surface area contributed by atoms with Crippen molar-refractivity contribution < 1.29 is 19.1 Å². The van der Waals surface area contributed by atoms with E-state index in [-0.39, 0.29) is 6.61 Å². The third kappa shape index (κ3) is 19.5. The average molecular weight is 699 g/mol. The lowest BCUT2D eigenvalue weighted by molar-refractivity contribution is -0.890. The number of rotatable bonds is 30. The molecule has 4 nitrogen and oxygen atoms in total. The van der Waals surface area contributed by atoms with Crippen molar-refractivity contribution in [1.82, 2.24) is 0 Å². The van der Waals surface area contributed by atoms with Crippen LogP contribution in [-0.2, 0) is 0 Å². The van der Waals surface area contributed by atoms with Crippen molar-refractivity contribution in [1.29, 1.82) is 0 Å². The predicted molar refractivity (Wildman–Crippen MR) is 214 cm³/mol. The molecule has 0 aliphatic carbocycles. The van der Waals surface area contributed by atoms with Crippen molar-refractivity contribution in [3.05, 3.63) is 46.5 Å². The molecule has 0 saturated heterocycles. The molecule has 2 aromatic rings. The van der Waals surface area contributed by atoms with E-state index in [2.05, 4.69) is 73.0 Å². The van der Waals surface area contributed by atoms with E-state index in [9.17, 15) is 5.11 Å². The number of aliphatic hydroxyl groups excluding tert-OH is 1. The first-order valence-electron chi connectivity index (χ1n) is 20.3. The topological polar surface area (TPSA) is 38.7 Å². The van der Waals surface area contributed by atoms with Gasteiger partial charge in [-0.3, -0.25) is 0 Å². The SMILES string of the molecule is CCCCCCCCCCCCCCOc1cc(C)c(Sc2c(C)cc(OCCCCCCCCCC[N+](C)(C)CCO)cc2C)c(C)c1. The number of benzene rings is 2. The van der Waals surface area contributed by atoms with Gasteiger partial charge in [0.2, 0.25) is 0 Å². The molecule has 0 radical (unpaired) electrons. The first-order valence-corrected chi connectivity index (χ1v) is 21.1. The molecule has 49 heavy (non-hydrogen) atoms. The van der Waals surface area contributed by atoms with Crippen LogP contribution in [-0.4, -0.2) is 56.6 Å². The maximum Gasteiger partial charge on any atom is 0.119 e. The van der Waals surface area contributed by atoms with Gasteiger partial charge < -0.3 is 19.1 Å². The number of aliphatic hydroxyl groups is 1. The number of nitrogens with zero attached hydrogens (tertiary/aromatic N) is 1. The predicted octanol–water partition coefficient (Wildman–Crippen LogP) is 12.7. The molecule has 0 aromatic heterocycles. The third-order valence-corrected chi connectivity index (χ3v) is 11.7. The highest BCUT2D eigenvalue weighted by molar-refractivity contribution is 7.99. The van der Waals surface area contributed by atoms with E-state index in [0.29, 0.717) is 0 Å². The van der Waals surface area contributed by atoms with Crippen LogP contribution in [0.25, 0.3) is 0 Å². The Morgan fingerprint density at radius 1 is 0.490 bits per heavy atom. The molecular weight excluding hydrogens is 623 g/mol. The van der Waals surface area contributed by atoms with Crippen LogP contribution in [0.2, 0.25) is 0 Å². The fourth-order valence-corrected chi connectivity index (χ4v) is 7.90. The van der Waals surface area contributed by atoms with Crippen LogP contribution in [0.4, 0.5) is 0 Å². The molecule has 0 spiro atoms. The molecule has 0 heterocycles. The molecule has 280 valence electrons. The minimum absolute atomic E-state index is 0.283. The zero-order valence-electron chi connectivity index (χ0n) is 33.1. The zero-order valence-corrected chi connectivity index (χ0v) is 33.9. The summed E-state index contributed by atoms with van der Waals surface area (Å²) in [4.78, 5) is 2.67. The minimum Gasteiger partial charge on any atom is -0.494 e. The van der Waals surface area contributed by atoms with Gasteiger partial charge in [-0.25, -0.2) is 0 Å². The maximum absolute atomic E-state index is 9.17. The third-order valence-electron chi connectivity index (χ3n) is 9.97. The minimum atomic E-state index is 0.283. The molecule has 5 heteroatoms. The second-order valence-corrected chi connectivity index (χ2v) is 16.4. The highest BCUT2D eigenvalue weighted by Gasteiger charge is 2.14. The Morgan fingerprint density at radius 2 is 0.816 bits per heavy atom. The van der Waals surface area contributed by atoms with Gasteiger partial charge >= 0.3 is 0 Å².